The molecule has 128 valence electrons. The van der Waals surface area contributed by atoms with Gasteiger partial charge in [0.2, 0.25) is 5.95 Å². The summed E-state index contributed by atoms with van der Waals surface area (Å²) in [5.74, 6) is 0.742. The highest BCUT2D eigenvalue weighted by molar-refractivity contribution is 5.75. The lowest BCUT2D eigenvalue weighted by Crippen LogP contribution is -2.37. The molecule has 1 aliphatic rings. The molecule has 1 aliphatic heterocycles. The van der Waals surface area contributed by atoms with Crippen LogP contribution in [0.1, 0.15) is 5.56 Å². The lowest BCUT2D eigenvalue weighted by atomic mass is 10.2. The number of imidazole rings is 1. The second-order valence-corrected chi connectivity index (χ2v) is 6.20. The van der Waals surface area contributed by atoms with Gasteiger partial charge in [-0.05, 0) is 5.56 Å². The fraction of sp³-hybridized carbons (Fsp3) is 0.278. The third-order valence-electron chi connectivity index (χ3n) is 4.64. The van der Waals surface area contributed by atoms with E-state index >= 15 is 0 Å². The summed E-state index contributed by atoms with van der Waals surface area (Å²) in [5.41, 5.74) is 1.43. The Hall–Kier alpha value is -3.09. The lowest BCUT2D eigenvalue weighted by Gasteiger charge is -2.12. The molecule has 3 heterocycles. The summed E-state index contributed by atoms with van der Waals surface area (Å²) in [5, 5.41) is 0. The second-order valence-electron chi connectivity index (χ2n) is 6.20. The molecule has 3 aromatic rings. The zero-order chi connectivity index (χ0) is 17.6. The maximum absolute atomic E-state index is 12.5. The Morgan fingerprint density at radius 1 is 1.08 bits per heavy atom. The molecule has 0 saturated carbocycles. The van der Waals surface area contributed by atoms with Crippen LogP contribution < -0.4 is 16.1 Å². The van der Waals surface area contributed by atoms with Crippen LogP contribution in [-0.2, 0) is 20.6 Å². The highest BCUT2D eigenvalue weighted by Crippen LogP contribution is 2.24. The van der Waals surface area contributed by atoms with Crippen molar-refractivity contribution in [3.05, 3.63) is 62.8 Å². The van der Waals surface area contributed by atoms with Crippen LogP contribution in [0.25, 0.3) is 17.2 Å². The van der Waals surface area contributed by atoms with Gasteiger partial charge in [-0.1, -0.05) is 42.5 Å². The molecule has 4 rings (SSSR count). The van der Waals surface area contributed by atoms with Gasteiger partial charge in [0.25, 0.3) is 5.56 Å². The number of hydrogen-bond donors (Lipinski definition) is 0. The van der Waals surface area contributed by atoms with Crippen molar-refractivity contribution in [2.24, 2.45) is 14.1 Å². The van der Waals surface area contributed by atoms with Crippen LogP contribution in [0.3, 0.4) is 0 Å². The van der Waals surface area contributed by atoms with Gasteiger partial charge in [0.1, 0.15) is 0 Å². The maximum atomic E-state index is 12.5. The molecular formula is C18H19N5O2. The van der Waals surface area contributed by atoms with E-state index in [1.54, 1.807) is 7.05 Å². The standard InChI is InChI=1S/C18H19N5O2/c1-20-15-14(16(24)21(2)18(20)25)23-12-11-22(17(23)19-15)10-6-9-13-7-4-3-5-8-13/h3-9H,10-12H2,1-2H3/b9-6+. The smallest absolute Gasteiger partial charge is 0.332 e. The molecule has 0 saturated heterocycles. The molecule has 0 N–H and O–H groups in total. The minimum Gasteiger partial charge on any atom is -0.337 e. The largest absolute Gasteiger partial charge is 0.337 e. The lowest BCUT2D eigenvalue weighted by molar-refractivity contribution is 0.699. The Balaban J connectivity index is 1.70. The highest BCUT2D eigenvalue weighted by atomic mass is 16.2. The second kappa shape index (κ2) is 5.77. The van der Waals surface area contributed by atoms with E-state index in [1.807, 2.05) is 22.8 Å². The van der Waals surface area contributed by atoms with Gasteiger partial charge in [0, 0.05) is 33.7 Å². The Labute approximate surface area is 144 Å². The predicted molar refractivity (Wildman–Crippen MR) is 97.9 cm³/mol. The molecule has 0 atom stereocenters. The van der Waals surface area contributed by atoms with Crippen molar-refractivity contribution < 1.29 is 0 Å². The van der Waals surface area contributed by atoms with Gasteiger partial charge in [0.05, 0.1) is 0 Å². The van der Waals surface area contributed by atoms with Crippen molar-refractivity contribution in [2.75, 3.05) is 18.0 Å². The van der Waals surface area contributed by atoms with E-state index in [0.29, 0.717) is 24.3 Å². The number of hydrogen-bond acceptors (Lipinski definition) is 4. The first kappa shape index (κ1) is 15.4. The number of aryl methyl sites for hydroxylation is 1. The van der Waals surface area contributed by atoms with Crippen molar-refractivity contribution in [1.29, 1.82) is 0 Å². The van der Waals surface area contributed by atoms with Gasteiger partial charge in [-0.15, -0.1) is 0 Å². The molecule has 0 amide bonds. The number of anilines is 1. The van der Waals surface area contributed by atoms with Gasteiger partial charge < -0.3 is 9.47 Å². The van der Waals surface area contributed by atoms with E-state index in [4.69, 9.17) is 0 Å². The summed E-state index contributed by atoms with van der Waals surface area (Å²) in [6, 6.07) is 10.1. The zero-order valence-corrected chi connectivity index (χ0v) is 14.2. The minimum atomic E-state index is -0.357. The van der Waals surface area contributed by atoms with E-state index < -0.39 is 0 Å². The number of benzene rings is 1. The quantitative estimate of drug-likeness (QED) is 0.714. The average molecular weight is 337 g/mol. The molecule has 0 fully saturated rings. The van der Waals surface area contributed by atoms with Gasteiger partial charge in [-0.2, -0.15) is 4.98 Å². The SMILES string of the molecule is Cn1c(=O)c2c(nc3n2CCN3C/C=C/c2ccccc2)n(C)c1=O. The average Bonchev–Trinajstić information content (AvgIpc) is 3.19. The molecule has 0 spiro atoms. The van der Waals surface area contributed by atoms with E-state index in [1.165, 1.54) is 11.6 Å². The maximum Gasteiger partial charge on any atom is 0.332 e. The number of aromatic nitrogens is 4. The first-order chi connectivity index (χ1) is 12.1. The number of rotatable bonds is 3. The summed E-state index contributed by atoms with van der Waals surface area (Å²) in [6.45, 7) is 2.19. The first-order valence-electron chi connectivity index (χ1n) is 8.20. The Kier molecular flexibility index (Phi) is 3.56. The number of nitrogens with zero attached hydrogens (tertiary/aromatic N) is 5. The molecule has 0 aliphatic carbocycles. The molecular weight excluding hydrogens is 318 g/mol. The van der Waals surface area contributed by atoms with Gasteiger partial charge >= 0.3 is 5.69 Å². The van der Waals surface area contributed by atoms with E-state index in [0.717, 1.165) is 22.6 Å². The Bertz CT molecular complexity index is 1090. The molecule has 7 nitrogen and oxygen atoms in total. The fourth-order valence-corrected chi connectivity index (χ4v) is 3.26. The Morgan fingerprint density at radius 2 is 1.84 bits per heavy atom. The van der Waals surface area contributed by atoms with Crippen LogP contribution in [0.5, 0.6) is 0 Å². The van der Waals surface area contributed by atoms with Crippen LogP contribution in [0.15, 0.2) is 46.0 Å². The Morgan fingerprint density at radius 3 is 2.60 bits per heavy atom. The van der Waals surface area contributed by atoms with Gasteiger partial charge in [-0.3, -0.25) is 13.9 Å². The summed E-state index contributed by atoms with van der Waals surface area (Å²) >= 11 is 0. The summed E-state index contributed by atoms with van der Waals surface area (Å²) in [6.07, 6.45) is 4.15. The molecule has 7 heteroatoms. The van der Waals surface area contributed by atoms with Crippen molar-refractivity contribution >= 4 is 23.2 Å². The zero-order valence-electron chi connectivity index (χ0n) is 14.2. The molecule has 25 heavy (non-hydrogen) atoms. The van der Waals surface area contributed by atoms with Crippen molar-refractivity contribution in [3.63, 3.8) is 0 Å². The molecule has 1 aromatic carbocycles. The fourth-order valence-electron chi connectivity index (χ4n) is 3.26. The van der Waals surface area contributed by atoms with Gasteiger partial charge in [-0.25, -0.2) is 4.79 Å². The predicted octanol–water partition coefficient (Wildman–Crippen LogP) is 0.967. The van der Waals surface area contributed by atoms with Crippen LogP contribution in [0.4, 0.5) is 5.95 Å². The highest BCUT2D eigenvalue weighted by Gasteiger charge is 2.26. The normalized spacial score (nSPS) is 13.9. The minimum absolute atomic E-state index is 0.293. The number of fused-ring (bicyclic) bond motifs is 3. The third-order valence-corrected chi connectivity index (χ3v) is 4.64. The monoisotopic (exact) mass is 337 g/mol. The van der Waals surface area contributed by atoms with E-state index in [2.05, 4.69) is 34.2 Å². The van der Waals surface area contributed by atoms with Crippen LogP contribution in [0.2, 0.25) is 0 Å². The van der Waals surface area contributed by atoms with Gasteiger partial charge in [0.15, 0.2) is 11.2 Å². The summed E-state index contributed by atoms with van der Waals surface area (Å²) in [4.78, 5) is 31.3. The third kappa shape index (κ3) is 2.39. The first-order valence-corrected chi connectivity index (χ1v) is 8.20. The van der Waals surface area contributed by atoms with Crippen LogP contribution >= 0.6 is 0 Å². The van der Waals surface area contributed by atoms with E-state index in [9.17, 15) is 9.59 Å². The molecule has 0 bridgehead atoms. The van der Waals surface area contributed by atoms with Crippen LogP contribution in [0, 0.1) is 0 Å². The van der Waals surface area contributed by atoms with Crippen molar-refractivity contribution in [3.8, 4) is 0 Å². The van der Waals surface area contributed by atoms with Crippen molar-refractivity contribution in [1.82, 2.24) is 18.7 Å². The van der Waals surface area contributed by atoms with E-state index in [-0.39, 0.29) is 11.2 Å². The molecule has 0 radical (unpaired) electrons. The molecule has 2 aromatic heterocycles. The summed E-state index contributed by atoms with van der Waals surface area (Å²) in [7, 11) is 3.14. The van der Waals surface area contributed by atoms with Crippen molar-refractivity contribution in [2.45, 2.75) is 6.54 Å². The molecule has 0 unspecified atom stereocenters. The van der Waals surface area contributed by atoms with Crippen LogP contribution in [-0.4, -0.2) is 31.8 Å². The topological polar surface area (TPSA) is 65.1 Å². The summed E-state index contributed by atoms with van der Waals surface area (Å²) < 4.78 is 4.47.